The van der Waals surface area contributed by atoms with Crippen molar-refractivity contribution in [2.24, 2.45) is 0 Å². The number of nitrogens with zero attached hydrogens (tertiary/aromatic N) is 1. The summed E-state index contributed by atoms with van der Waals surface area (Å²) in [6, 6.07) is 4.14. The molecule has 3 atom stereocenters. The van der Waals surface area contributed by atoms with Crippen LogP contribution < -0.4 is 4.74 Å². The molecule has 1 aromatic rings. The predicted octanol–water partition coefficient (Wildman–Crippen LogP) is 1.50. The molecule has 2 aliphatic heterocycles. The van der Waals surface area contributed by atoms with E-state index in [-0.39, 0.29) is 34.9 Å². The molecular formula is C16H19FNO6PS. The van der Waals surface area contributed by atoms with Crippen molar-refractivity contribution in [2.45, 2.75) is 23.3 Å². The summed E-state index contributed by atoms with van der Waals surface area (Å²) in [7, 11) is -1.81. The predicted molar refractivity (Wildman–Crippen MR) is 95.3 cm³/mol. The highest BCUT2D eigenvalue weighted by Crippen LogP contribution is 2.39. The van der Waals surface area contributed by atoms with E-state index in [1.165, 1.54) is 35.5 Å². The van der Waals surface area contributed by atoms with E-state index in [1.54, 1.807) is 0 Å². The molecule has 3 rings (SSSR count). The van der Waals surface area contributed by atoms with Gasteiger partial charge in [-0.1, -0.05) is 9.24 Å². The van der Waals surface area contributed by atoms with Crippen LogP contribution in [-0.4, -0.2) is 61.6 Å². The maximum absolute atomic E-state index is 14.3. The number of sulfonamides is 1. The number of hydrogen-bond donors (Lipinski definition) is 1. The van der Waals surface area contributed by atoms with Gasteiger partial charge >= 0.3 is 5.97 Å². The van der Waals surface area contributed by atoms with Crippen molar-refractivity contribution < 1.29 is 32.2 Å². The van der Waals surface area contributed by atoms with Crippen LogP contribution in [0.3, 0.4) is 0 Å². The fraction of sp³-hybridized carbons (Fsp3) is 0.438. The SMILES string of the molecule is CC(F)(P)C1Oc2ccc(S(=O)(=O)N3CCOCC3)cc2C=C1C(=O)O. The van der Waals surface area contributed by atoms with E-state index in [4.69, 9.17) is 9.47 Å². The van der Waals surface area contributed by atoms with E-state index in [0.717, 1.165) is 0 Å². The highest BCUT2D eigenvalue weighted by atomic mass is 32.2. The molecule has 142 valence electrons. The van der Waals surface area contributed by atoms with Gasteiger partial charge in [0.2, 0.25) is 10.0 Å². The molecule has 0 saturated carbocycles. The summed E-state index contributed by atoms with van der Waals surface area (Å²) in [6.07, 6.45) is -0.0642. The Morgan fingerprint density at radius 3 is 2.62 bits per heavy atom. The fourth-order valence-electron chi connectivity index (χ4n) is 2.87. The van der Waals surface area contributed by atoms with Gasteiger partial charge in [-0.3, -0.25) is 0 Å². The second-order valence-corrected chi connectivity index (χ2v) is 9.34. The zero-order chi connectivity index (χ0) is 19.1. The van der Waals surface area contributed by atoms with Crippen LogP contribution in [0.25, 0.3) is 6.08 Å². The number of ether oxygens (including phenoxy) is 2. The van der Waals surface area contributed by atoms with Gasteiger partial charge in [0.1, 0.15) is 5.75 Å². The third kappa shape index (κ3) is 3.62. The first-order valence-corrected chi connectivity index (χ1v) is 9.94. The largest absolute Gasteiger partial charge is 0.481 e. The van der Waals surface area contributed by atoms with Gasteiger partial charge < -0.3 is 14.6 Å². The first-order chi connectivity index (χ1) is 12.1. The number of carboxylic acid groups (broad SMARTS) is 1. The van der Waals surface area contributed by atoms with E-state index >= 15 is 0 Å². The van der Waals surface area contributed by atoms with Crippen LogP contribution >= 0.6 is 9.24 Å². The minimum atomic E-state index is -3.73. The molecule has 0 amide bonds. The number of carbonyl (C=O) groups is 1. The van der Waals surface area contributed by atoms with Gasteiger partial charge in [-0.25, -0.2) is 17.6 Å². The van der Waals surface area contributed by atoms with E-state index in [0.29, 0.717) is 13.2 Å². The highest BCUT2D eigenvalue weighted by Gasteiger charge is 2.40. The molecule has 1 aromatic carbocycles. The highest BCUT2D eigenvalue weighted by molar-refractivity contribution is 7.89. The van der Waals surface area contributed by atoms with Crippen LogP contribution in [0.15, 0.2) is 28.7 Å². The van der Waals surface area contributed by atoms with Crippen LogP contribution in [0.1, 0.15) is 12.5 Å². The van der Waals surface area contributed by atoms with Crippen molar-refractivity contribution in [1.82, 2.24) is 4.31 Å². The summed E-state index contributed by atoms with van der Waals surface area (Å²) in [5.41, 5.74) is 0.000606. The van der Waals surface area contributed by atoms with E-state index in [9.17, 15) is 22.7 Å². The molecule has 2 aliphatic rings. The Hall–Kier alpha value is -1.54. The molecular weight excluding hydrogens is 384 g/mol. The average molecular weight is 403 g/mol. The summed E-state index contributed by atoms with van der Waals surface area (Å²) in [5, 5.41) is 7.37. The smallest absolute Gasteiger partial charge is 0.335 e. The molecule has 0 radical (unpaired) electrons. The van der Waals surface area contributed by atoms with Crippen LogP contribution in [0.2, 0.25) is 0 Å². The maximum Gasteiger partial charge on any atom is 0.335 e. The number of carboxylic acids is 1. The molecule has 1 fully saturated rings. The van der Waals surface area contributed by atoms with E-state index in [1.807, 2.05) is 9.24 Å². The van der Waals surface area contributed by atoms with Crippen molar-refractivity contribution in [1.29, 1.82) is 0 Å². The zero-order valence-electron chi connectivity index (χ0n) is 14.0. The Morgan fingerprint density at radius 1 is 1.38 bits per heavy atom. The number of morpholine rings is 1. The Balaban J connectivity index is 2.01. The van der Waals surface area contributed by atoms with Gasteiger partial charge in [0, 0.05) is 18.7 Å². The lowest BCUT2D eigenvalue weighted by Gasteiger charge is -2.32. The molecule has 7 nitrogen and oxygen atoms in total. The van der Waals surface area contributed by atoms with Crippen molar-refractivity contribution in [3.8, 4) is 5.75 Å². The number of benzene rings is 1. The first-order valence-electron chi connectivity index (χ1n) is 7.92. The average Bonchev–Trinajstić information content (AvgIpc) is 2.60. The number of aliphatic carboxylic acids is 1. The quantitative estimate of drug-likeness (QED) is 0.766. The van der Waals surface area contributed by atoms with Crippen molar-refractivity contribution >= 4 is 31.3 Å². The molecule has 0 spiro atoms. The lowest BCUT2D eigenvalue weighted by Crippen LogP contribution is -2.41. The second kappa shape index (κ2) is 6.88. The molecule has 1 saturated heterocycles. The van der Waals surface area contributed by atoms with Crippen molar-refractivity contribution in [3.63, 3.8) is 0 Å². The van der Waals surface area contributed by atoms with Crippen LogP contribution in [0.5, 0.6) is 5.75 Å². The molecule has 10 heteroatoms. The van der Waals surface area contributed by atoms with E-state index < -0.39 is 27.5 Å². The molecule has 2 heterocycles. The fourth-order valence-corrected chi connectivity index (χ4v) is 4.56. The normalized spacial score (nSPS) is 23.3. The summed E-state index contributed by atoms with van der Waals surface area (Å²) in [4.78, 5) is 11.5. The minimum Gasteiger partial charge on any atom is -0.481 e. The number of fused-ring (bicyclic) bond motifs is 1. The van der Waals surface area contributed by atoms with Gasteiger partial charge in [0.25, 0.3) is 0 Å². The summed E-state index contributed by atoms with van der Waals surface area (Å²) in [6.45, 7) is 2.34. The topological polar surface area (TPSA) is 93.1 Å². The minimum absolute atomic E-state index is 0.0232. The standard InChI is InChI=1S/C16H19FNO6PS/c1-16(17,25)14-12(15(19)20)9-10-8-11(2-3-13(10)24-14)26(21,22)18-4-6-23-7-5-18/h2-3,8-9,14H,4-7,25H2,1H3,(H,19,20). The number of alkyl halides is 1. The second-order valence-electron chi connectivity index (χ2n) is 6.27. The number of rotatable bonds is 4. The van der Waals surface area contributed by atoms with Crippen molar-refractivity contribution in [2.75, 3.05) is 26.3 Å². The first kappa shape index (κ1) is 19.2. The monoisotopic (exact) mass is 403 g/mol. The van der Waals surface area contributed by atoms with Crippen LogP contribution in [0.4, 0.5) is 4.39 Å². The molecule has 0 aromatic heterocycles. The lowest BCUT2D eigenvalue weighted by atomic mass is 9.99. The molecule has 0 bridgehead atoms. The third-order valence-corrected chi connectivity index (χ3v) is 6.38. The molecule has 26 heavy (non-hydrogen) atoms. The van der Waals surface area contributed by atoms with Gasteiger partial charge in [0.15, 0.2) is 11.5 Å². The maximum atomic E-state index is 14.3. The zero-order valence-corrected chi connectivity index (χ0v) is 16.0. The summed E-state index contributed by atoms with van der Waals surface area (Å²) in [5.74, 6) is -1.10. The van der Waals surface area contributed by atoms with Gasteiger partial charge in [-0.05, 0) is 31.2 Å². The Bertz CT molecular complexity index is 858. The Kier molecular flexibility index (Phi) is 5.09. The van der Waals surface area contributed by atoms with Crippen LogP contribution in [0, 0.1) is 0 Å². The molecule has 0 aliphatic carbocycles. The number of hydrogen-bond acceptors (Lipinski definition) is 5. The molecule has 1 N–H and O–H groups in total. The van der Waals surface area contributed by atoms with Gasteiger partial charge in [0.05, 0.1) is 23.7 Å². The van der Waals surface area contributed by atoms with Gasteiger partial charge in [-0.2, -0.15) is 4.31 Å². The summed E-state index contributed by atoms with van der Waals surface area (Å²) >= 11 is 0. The van der Waals surface area contributed by atoms with E-state index in [2.05, 4.69) is 0 Å². The third-order valence-electron chi connectivity index (χ3n) is 4.19. The number of halogens is 1. The Morgan fingerprint density at radius 2 is 2.04 bits per heavy atom. The van der Waals surface area contributed by atoms with Crippen molar-refractivity contribution in [3.05, 3.63) is 29.3 Å². The molecule has 3 unspecified atom stereocenters. The Labute approximate surface area is 153 Å². The van der Waals surface area contributed by atoms with Gasteiger partial charge in [-0.15, -0.1) is 0 Å². The van der Waals surface area contributed by atoms with Crippen LogP contribution in [-0.2, 0) is 19.6 Å². The lowest BCUT2D eigenvalue weighted by molar-refractivity contribution is -0.134. The summed E-state index contributed by atoms with van der Waals surface area (Å²) < 4.78 is 51.8.